The van der Waals surface area contributed by atoms with Crippen LogP contribution in [0.15, 0.2) is 233 Å². The molecule has 0 saturated heterocycles. The van der Waals surface area contributed by atoms with Crippen LogP contribution in [0.25, 0.3) is 82.1 Å². The topological polar surface area (TPSA) is 42.0 Å². The number of benzene rings is 10. The maximum atomic E-state index is 5.38. The summed E-state index contributed by atoms with van der Waals surface area (Å²) in [6, 6.07) is 77.5. The summed E-state index contributed by atoms with van der Waals surface area (Å²) < 4.78 is 2.42. The Kier molecular flexibility index (Phi) is 9.36. The maximum Gasteiger partial charge on any atom is 0.161 e. The fraction of sp³-hybridized carbons (Fsp3) is 0.0172. The van der Waals surface area contributed by atoms with E-state index in [0.29, 0.717) is 18.2 Å². The summed E-state index contributed by atoms with van der Waals surface area (Å²) in [5.41, 5.74) is 10.8. The molecule has 10 aromatic carbocycles. The van der Waals surface area contributed by atoms with E-state index in [4.69, 9.17) is 9.98 Å². The minimum atomic E-state index is 0.441. The van der Waals surface area contributed by atoms with Gasteiger partial charge in [-0.1, -0.05) is 182 Å². The standard InChI is InChI=1S/C58H40N4/c1-59-57(42-24-12-5-13-25-42)61-58(60-38-39-18-6-2-7-19-39)53-37-45(36-52-48-28-15-14-26-46(48)47-27-16-17-29-49(47)56(52)53)62-54-32-30-43(40-20-8-3-9-21-40)34-50(54)51-35-44(31-33-55(51)62)41-22-10-4-11-23-41/h2-37H,1,38H2. The SMILES string of the molecule is C=NC(=NC(=NCc1ccccc1)c1cc(-n2c3ccc(-c4ccccc4)cc3c3cc(-c4ccccc4)ccc32)cc2c3ccccc3c3ccccc3c12)c1ccccc1. The third-order valence-electron chi connectivity index (χ3n) is 12.0. The van der Waals surface area contributed by atoms with E-state index in [1.165, 1.54) is 49.2 Å². The quantitative estimate of drug-likeness (QED) is 0.0876. The molecule has 0 fully saturated rings. The number of hydrogen-bond acceptors (Lipinski definition) is 1. The van der Waals surface area contributed by atoms with E-state index in [1.54, 1.807) is 0 Å². The van der Waals surface area contributed by atoms with Gasteiger partial charge in [-0.2, -0.15) is 0 Å². The van der Waals surface area contributed by atoms with Crippen LogP contribution in [0.2, 0.25) is 0 Å². The van der Waals surface area contributed by atoms with E-state index in [1.807, 2.05) is 36.4 Å². The van der Waals surface area contributed by atoms with Crippen LogP contribution in [-0.4, -0.2) is 23.0 Å². The molecule has 0 amide bonds. The van der Waals surface area contributed by atoms with Crippen molar-refractivity contribution in [2.45, 2.75) is 6.54 Å². The van der Waals surface area contributed by atoms with Gasteiger partial charge in [-0.25, -0.2) is 9.98 Å². The molecular formula is C58H40N4. The first kappa shape index (κ1) is 36.8. The Morgan fingerprint density at radius 3 is 1.45 bits per heavy atom. The molecule has 11 rings (SSSR count). The molecule has 292 valence electrons. The van der Waals surface area contributed by atoms with E-state index < -0.39 is 0 Å². The molecule has 4 nitrogen and oxygen atoms in total. The van der Waals surface area contributed by atoms with Gasteiger partial charge in [0.05, 0.1) is 17.6 Å². The highest BCUT2D eigenvalue weighted by Crippen LogP contribution is 2.42. The summed E-state index contributed by atoms with van der Waals surface area (Å²) in [6.45, 7) is 4.44. The molecule has 0 aliphatic heterocycles. The van der Waals surface area contributed by atoms with E-state index in [0.717, 1.165) is 49.6 Å². The lowest BCUT2D eigenvalue weighted by molar-refractivity contribution is 1.06. The number of rotatable bonds is 7. The summed E-state index contributed by atoms with van der Waals surface area (Å²) in [5.74, 6) is 1.10. The highest BCUT2D eigenvalue weighted by molar-refractivity contribution is 6.31. The second-order valence-electron chi connectivity index (χ2n) is 15.6. The second kappa shape index (κ2) is 15.8. The Bertz CT molecular complexity index is 3430. The normalized spacial score (nSPS) is 12.2. The molecule has 11 aromatic rings. The molecule has 1 aromatic heterocycles. The summed E-state index contributed by atoms with van der Waals surface area (Å²) in [7, 11) is 0. The van der Waals surface area contributed by atoms with Crippen LogP contribution < -0.4 is 0 Å². The first-order valence-electron chi connectivity index (χ1n) is 21.0. The number of aliphatic imine (C=N–C) groups is 3. The van der Waals surface area contributed by atoms with Crippen LogP contribution in [-0.2, 0) is 6.54 Å². The first-order valence-corrected chi connectivity index (χ1v) is 21.0. The largest absolute Gasteiger partial charge is 0.309 e. The van der Waals surface area contributed by atoms with Gasteiger partial charge in [-0.3, -0.25) is 4.99 Å². The van der Waals surface area contributed by atoms with Crippen molar-refractivity contribution in [1.82, 2.24) is 4.57 Å². The first-order chi connectivity index (χ1) is 30.7. The molecule has 62 heavy (non-hydrogen) atoms. The van der Waals surface area contributed by atoms with Crippen LogP contribution in [0.4, 0.5) is 0 Å². The molecule has 4 heteroatoms. The lowest BCUT2D eigenvalue weighted by Crippen LogP contribution is -2.08. The summed E-state index contributed by atoms with van der Waals surface area (Å²) in [5, 5.41) is 9.27. The molecule has 0 bridgehead atoms. The van der Waals surface area contributed by atoms with Gasteiger partial charge in [-0.15, -0.1) is 0 Å². The van der Waals surface area contributed by atoms with Gasteiger partial charge >= 0.3 is 0 Å². The predicted molar refractivity (Wildman–Crippen MR) is 263 cm³/mol. The minimum Gasteiger partial charge on any atom is -0.309 e. The molecular weight excluding hydrogens is 753 g/mol. The van der Waals surface area contributed by atoms with Crippen LogP contribution in [0.1, 0.15) is 16.7 Å². The summed E-state index contributed by atoms with van der Waals surface area (Å²) >= 11 is 0. The molecule has 0 unspecified atom stereocenters. The number of nitrogens with zero attached hydrogens (tertiary/aromatic N) is 4. The Hall–Kier alpha value is -8.21. The van der Waals surface area contributed by atoms with Gasteiger partial charge in [0.2, 0.25) is 0 Å². The van der Waals surface area contributed by atoms with Gasteiger partial charge in [0.25, 0.3) is 0 Å². The van der Waals surface area contributed by atoms with Crippen molar-refractivity contribution in [3.05, 3.63) is 235 Å². The van der Waals surface area contributed by atoms with Gasteiger partial charge in [-0.05, 0) is 97.9 Å². The molecule has 0 N–H and O–H groups in total. The zero-order valence-electron chi connectivity index (χ0n) is 34.0. The fourth-order valence-electron chi connectivity index (χ4n) is 9.05. The summed E-state index contributed by atoms with van der Waals surface area (Å²) in [4.78, 5) is 15.2. The lowest BCUT2D eigenvalue weighted by Gasteiger charge is -2.18. The Labute approximate surface area is 360 Å². The lowest BCUT2D eigenvalue weighted by atomic mass is 9.90. The third kappa shape index (κ3) is 6.55. The van der Waals surface area contributed by atoms with Crippen molar-refractivity contribution in [2.75, 3.05) is 0 Å². The van der Waals surface area contributed by atoms with Crippen molar-refractivity contribution in [3.8, 4) is 27.9 Å². The zero-order valence-corrected chi connectivity index (χ0v) is 34.0. The molecule has 0 aliphatic rings. The monoisotopic (exact) mass is 792 g/mol. The van der Waals surface area contributed by atoms with Crippen LogP contribution in [0, 0.1) is 0 Å². The Morgan fingerprint density at radius 2 is 0.887 bits per heavy atom. The van der Waals surface area contributed by atoms with E-state index in [-0.39, 0.29) is 0 Å². The molecule has 0 aliphatic carbocycles. The Morgan fingerprint density at radius 1 is 0.403 bits per heavy atom. The van der Waals surface area contributed by atoms with Gasteiger partial charge in [0.1, 0.15) is 0 Å². The smallest absolute Gasteiger partial charge is 0.161 e. The molecule has 0 saturated carbocycles. The van der Waals surface area contributed by atoms with Gasteiger partial charge < -0.3 is 4.57 Å². The molecule has 0 radical (unpaired) electrons. The fourth-order valence-corrected chi connectivity index (χ4v) is 9.05. The van der Waals surface area contributed by atoms with Crippen LogP contribution >= 0.6 is 0 Å². The Balaban J connectivity index is 1.26. The number of aromatic nitrogens is 1. The minimum absolute atomic E-state index is 0.441. The van der Waals surface area contributed by atoms with Crippen molar-refractivity contribution >= 4 is 72.5 Å². The van der Waals surface area contributed by atoms with Crippen LogP contribution in [0.3, 0.4) is 0 Å². The van der Waals surface area contributed by atoms with Gasteiger partial charge in [0, 0.05) is 33.0 Å². The highest BCUT2D eigenvalue weighted by Gasteiger charge is 2.21. The number of fused-ring (bicyclic) bond motifs is 9. The molecule has 1 heterocycles. The highest BCUT2D eigenvalue weighted by atomic mass is 15.0. The van der Waals surface area contributed by atoms with E-state index in [9.17, 15) is 0 Å². The third-order valence-corrected chi connectivity index (χ3v) is 12.0. The van der Waals surface area contributed by atoms with Gasteiger partial charge in [0.15, 0.2) is 11.7 Å². The number of hydrogen-bond donors (Lipinski definition) is 0. The number of amidine groups is 2. The molecule has 0 spiro atoms. The molecule has 0 atom stereocenters. The predicted octanol–water partition coefficient (Wildman–Crippen LogP) is 14.7. The zero-order chi connectivity index (χ0) is 41.4. The van der Waals surface area contributed by atoms with Crippen molar-refractivity contribution in [2.24, 2.45) is 15.0 Å². The van der Waals surface area contributed by atoms with Crippen molar-refractivity contribution < 1.29 is 0 Å². The average molecular weight is 793 g/mol. The van der Waals surface area contributed by atoms with Crippen LogP contribution in [0.5, 0.6) is 0 Å². The van der Waals surface area contributed by atoms with E-state index in [2.05, 4.69) is 198 Å². The maximum absolute atomic E-state index is 5.38. The summed E-state index contributed by atoms with van der Waals surface area (Å²) in [6.07, 6.45) is 0. The van der Waals surface area contributed by atoms with Crippen molar-refractivity contribution in [1.29, 1.82) is 0 Å². The second-order valence-corrected chi connectivity index (χ2v) is 15.6. The average Bonchev–Trinajstić information content (AvgIpc) is 3.68. The van der Waals surface area contributed by atoms with E-state index >= 15 is 0 Å². The van der Waals surface area contributed by atoms with Crippen molar-refractivity contribution in [3.63, 3.8) is 0 Å².